The van der Waals surface area contributed by atoms with Crippen LogP contribution in [0.3, 0.4) is 0 Å². The van der Waals surface area contributed by atoms with Crippen LogP contribution in [-0.4, -0.2) is 27.0 Å². The molecule has 0 saturated heterocycles. The van der Waals surface area contributed by atoms with Gasteiger partial charge in [0.15, 0.2) is 0 Å². The predicted molar refractivity (Wildman–Crippen MR) is 109 cm³/mol. The predicted octanol–water partition coefficient (Wildman–Crippen LogP) is 5.42. The highest BCUT2D eigenvalue weighted by Gasteiger charge is 2.32. The first-order valence-electron chi connectivity index (χ1n) is 8.41. The van der Waals surface area contributed by atoms with E-state index in [1.807, 2.05) is 30.3 Å². The van der Waals surface area contributed by atoms with E-state index in [9.17, 15) is 4.79 Å². The van der Waals surface area contributed by atoms with Crippen molar-refractivity contribution in [1.82, 2.24) is 15.1 Å². The maximum Gasteiger partial charge on any atom is 0.247 e. The van der Waals surface area contributed by atoms with Crippen LogP contribution in [0.2, 0.25) is 5.02 Å². The van der Waals surface area contributed by atoms with Crippen LogP contribution in [0.5, 0.6) is 0 Å². The molecule has 0 spiro atoms. The lowest BCUT2D eigenvalue weighted by atomic mass is 10.2. The summed E-state index contributed by atoms with van der Waals surface area (Å²) < 4.78 is 6.78. The minimum atomic E-state index is -0.0479. The first kappa shape index (κ1) is 18.4. The van der Waals surface area contributed by atoms with E-state index in [0.717, 1.165) is 27.1 Å². The minimum absolute atomic E-state index is 0.0479. The van der Waals surface area contributed by atoms with Crippen LogP contribution in [-0.2, 0) is 11.3 Å². The summed E-state index contributed by atoms with van der Waals surface area (Å²) in [7, 11) is 0. The van der Waals surface area contributed by atoms with Gasteiger partial charge in [-0.25, -0.2) is 0 Å². The second-order valence-electron chi connectivity index (χ2n) is 6.18. The summed E-state index contributed by atoms with van der Waals surface area (Å²) >= 11 is 10.9. The monoisotopic (exact) mass is 463 g/mol. The molecular weight excluding hydrogens is 450 g/mol. The summed E-state index contributed by atoms with van der Waals surface area (Å²) in [5, 5.41) is 8.83. The molecule has 1 aromatic carbocycles. The molecule has 3 aromatic rings. The van der Waals surface area contributed by atoms with E-state index >= 15 is 0 Å². The maximum absolute atomic E-state index is 12.7. The molecule has 0 radical (unpaired) electrons. The molecule has 1 amide bonds. The van der Waals surface area contributed by atoms with Crippen molar-refractivity contribution in [2.24, 2.45) is 0 Å². The summed E-state index contributed by atoms with van der Waals surface area (Å²) in [5.41, 5.74) is 0.797. The number of benzene rings is 1. The Morgan fingerprint density at radius 2 is 2.04 bits per heavy atom. The summed E-state index contributed by atoms with van der Waals surface area (Å²) in [6.45, 7) is 0.308. The number of halogens is 2. The highest BCUT2D eigenvalue weighted by Crippen LogP contribution is 2.30. The molecule has 4 rings (SSSR count). The Labute approximate surface area is 173 Å². The van der Waals surface area contributed by atoms with Crippen LogP contribution < -0.4 is 0 Å². The average Bonchev–Trinajstić information content (AvgIpc) is 3.25. The number of carbonyl (C=O) groups excluding carboxylic acids is 1. The fourth-order valence-corrected chi connectivity index (χ4v) is 4.06. The lowest BCUT2D eigenvalue weighted by Gasteiger charge is -2.18. The van der Waals surface area contributed by atoms with Gasteiger partial charge < -0.3 is 9.32 Å². The molecule has 2 aromatic heterocycles. The molecule has 0 aliphatic heterocycles. The summed E-state index contributed by atoms with van der Waals surface area (Å²) in [6.07, 6.45) is 5.44. The second kappa shape index (κ2) is 7.96. The number of rotatable bonds is 6. The maximum atomic E-state index is 12.7. The van der Waals surface area contributed by atoms with Gasteiger partial charge in [0.05, 0.1) is 10.3 Å². The van der Waals surface area contributed by atoms with Crippen LogP contribution in [0.25, 0.3) is 17.5 Å². The van der Waals surface area contributed by atoms with Gasteiger partial charge in [0, 0.05) is 27.6 Å². The van der Waals surface area contributed by atoms with E-state index < -0.39 is 0 Å². The lowest BCUT2D eigenvalue weighted by molar-refractivity contribution is -0.127. The van der Waals surface area contributed by atoms with Crippen molar-refractivity contribution in [1.29, 1.82) is 0 Å². The molecule has 1 saturated carbocycles. The summed E-state index contributed by atoms with van der Waals surface area (Å²) in [5.74, 6) is 0.796. The molecule has 0 N–H and O–H groups in total. The van der Waals surface area contributed by atoms with Gasteiger partial charge in [-0.1, -0.05) is 11.6 Å². The van der Waals surface area contributed by atoms with Crippen molar-refractivity contribution in [3.63, 3.8) is 0 Å². The van der Waals surface area contributed by atoms with Gasteiger partial charge in [-0.2, -0.15) is 0 Å². The zero-order chi connectivity index (χ0) is 18.8. The van der Waals surface area contributed by atoms with Gasteiger partial charge in [0.1, 0.15) is 0 Å². The SMILES string of the molecule is O=C(/C=C/c1ccc(Br)s1)N(Cc1nnc(-c2ccc(Cl)cc2)o1)C1CC1. The van der Waals surface area contributed by atoms with Gasteiger partial charge in [0.25, 0.3) is 0 Å². The number of amides is 1. The molecule has 0 bridgehead atoms. The summed E-state index contributed by atoms with van der Waals surface area (Å²) in [4.78, 5) is 15.5. The highest BCUT2D eigenvalue weighted by atomic mass is 79.9. The Bertz CT molecular complexity index is 979. The Morgan fingerprint density at radius 1 is 1.26 bits per heavy atom. The van der Waals surface area contributed by atoms with Gasteiger partial charge in [0.2, 0.25) is 17.7 Å². The van der Waals surface area contributed by atoms with Gasteiger partial charge in [-0.15, -0.1) is 21.5 Å². The molecule has 0 atom stereocenters. The Kier molecular flexibility index (Phi) is 5.43. The molecule has 1 fully saturated rings. The van der Waals surface area contributed by atoms with Crippen molar-refractivity contribution in [2.45, 2.75) is 25.4 Å². The largest absolute Gasteiger partial charge is 0.419 e. The highest BCUT2D eigenvalue weighted by molar-refractivity contribution is 9.11. The molecular formula is C19H15BrClN3O2S. The molecule has 8 heteroatoms. The minimum Gasteiger partial charge on any atom is -0.419 e. The Balaban J connectivity index is 1.46. The zero-order valence-electron chi connectivity index (χ0n) is 14.1. The summed E-state index contributed by atoms with van der Waals surface area (Å²) in [6, 6.07) is 11.4. The van der Waals surface area contributed by atoms with Crippen molar-refractivity contribution >= 4 is 50.9 Å². The number of carbonyl (C=O) groups is 1. The standard InChI is InChI=1S/C19H15BrClN3O2S/c20-16-9-7-15(27-16)8-10-18(25)24(14-5-6-14)11-17-22-23-19(26-17)12-1-3-13(21)4-2-12/h1-4,7-10,14H,5-6,11H2/b10-8+. The molecule has 138 valence electrons. The number of hydrogen-bond acceptors (Lipinski definition) is 5. The third-order valence-electron chi connectivity index (χ3n) is 4.12. The van der Waals surface area contributed by atoms with Gasteiger partial charge in [-0.05, 0) is 71.2 Å². The average molecular weight is 465 g/mol. The van der Waals surface area contributed by atoms with Crippen molar-refractivity contribution < 1.29 is 9.21 Å². The van der Waals surface area contributed by atoms with Crippen molar-refractivity contribution in [2.75, 3.05) is 0 Å². The van der Waals surface area contributed by atoms with Crippen LogP contribution in [0.15, 0.2) is 50.7 Å². The third-order valence-corrected chi connectivity index (χ3v) is 5.96. The number of aromatic nitrogens is 2. The number of hydrogen-bond donors (Lipinski definition) is 0. The van der Waals surface area contributed by atoms with Crippen LogP contribution in [0, 0.1) is 0 Å². The quantitative estimate of drug-likeness (QED) is 0.457. The van der Waals surface area contributed by atoms with Crippen molar-refractivity contribution in [3.8, 4) is 11.5 Å². The number of thiophene rings is 1. The van der Waals surface area contributed by atoms with E-state index in [1.54, 1.807) is 34.4 Å². The molecule has 1 aliphatic rings. The smallest absolute Gasteiger partial charge is 0.247 e. The normalized spacial score (nSPS) is 14.0. The third kappa shape index (κ3) is 4.66. The van der Waals surface area contributed by atoms with Crippen LogP contribution in [0.4, 0.5) is 0 Å². The lowest BCUT2D eigenvalue weighted by Crippen LogP contribution is -2.31. The number of nitrogens with zero attached hydrogens (tertiary/aromatic N) is 3. The van der Waals surface area contributed by atoms with Gasteiger partial charge in [-0.3, -0.25) is 4.79 Å². The van der Waals surface area contributed by atoms with E-state index in [4.69, 9.17) is 16.0 Å². The van der Waals surface area contributed by atoms with E-state index in [1.165, 1.54) is 0 Å². The molecule has 1 aliphatic carbocycles. The molecule has 2 heterocycles. The topological polar surface area (TPSA) is 59.2 Å². The van der Waals surface area contributed by atoms with Crippen LogP contribution in [0.1, 0.15) is 23.6 Å². The molecule has 0 unspecified atom stereocenters. The van der Waals surface area contributed by atoms with Gasteiger partial charge >= 0.3 is 0 Å². The van der Waals surface area contributed by atoms with E-state index in [2.05, 4.69) is 26.1 Å². The van der Waals surface area contributed by atoms with E-state index in [-0.39, 0.29) is 11.9 Å². The molecule has 27 heavy (non-hydrogen) atoms. The Hall–Kier alpha value is -1.96. The fraction of sp³-hybridized carbons (Fsp3) is 0.211. The van der Waals surface area contributed by atoms with E-state index in [0.29, 0.717) is 23.3 Å². The van der Waals surface area contributed by atoms with Crippen LogP contribution >= 0.6 is 38.9 Å². The fourth-order valence-electron chi connectivity index (χ4n) is 2.61. The van der Waals surface area contributed by atoms with Crippen molar-refractivity contribution in [3.05, 3.63) is 62.1 Å². The second-order valence-corrected chi connectivity index (χ2v) is 9.11. The first-order chi connectivity index (χ1) is 13.1. The first-order valence-corrected chi connectivity index (χ1v) is 10.4. The molecule has 5 nitrogen and oxygen atoms in total. The Morgan fingerprint density at radius 3 is 2.70 bits per heavy atom. The zero-order valence-corrected chi connectivity index (χ0v) is 17.3.